The Bertz CT molecular complexity index is 827. The molecule has 3 nitrogen and oxygen atoms in total. The van der Waals surface area contributed by atoms with Gasteiger partial charge in [0.2, 0.25) is 0 Å². The molecule has 1 aromatic heterocycles. The predicted molar refractivity (Wildman–Crippen MR) is 95.5 cm³/mol. The van der Waals surface area contributed by atoms with Crippen LogP contribution in [0.25, 0.3) is 10.9 Å². The largest absolute Gasteiger partial charge is 0.387 e. The third-order valence-corrected chi connectivity index (χ3v) is 4.62. The maximum atomic E-state index is 4.90. The van der Waals surface area contributed by atoms with Crippen LogP contribution in [0.3, 0.4) is 0 Å². The molecule has 0 radical (unpaired) electrons. The number of nitrogens with zero attached hydrogens (tertiary/aromatic N) is 2. The maximum absolute atomic E-state index is 4.90. The van der Waals surface area contributed by atoms with Gasteiger partial charge in [0.05, 0.1) is 5.52 Å². The average Bonchev–Trinajstić information content (AvgIpc) is 2.60. The fraction of sp³-hybridized carbons (Fsp3) is 0.250. The molecule has 2 heterocycles. The van der Waals surface area contributed by atoms with Crippen LogP contribution in [-0.4, -0.2) is 23.5 Å². The summed E-state index contributed by atoms with van der Waals surface area (Å²) in [5.74, 6) is 0. The molecule has 0 amide bonds. The summed E-state index contributed by atoms with van der Waals surface area (Å²) in [4.78, 5) is 7.41. The molecule has 2 aromatic carbocycles. The zero-order chi connectivity index (χ0) is 15.6. The third-order valence-electron chi connectivity index (χ3n) is 4.62. The molecule has 3 aromatic rings. The molecule has 0 atom stereocenters. The minimum atomic E-state index is 0.957. The van der Waals surface area contributed by atoms with Crippen molar-refractivity contribution in [2.75, 3.05) is 18.9 Å². The van der Waals surface area contributed by atoms with Crippen molar-refractivity contribution in [2.24, 2.45) is 0 Å². The first-order valence-electron chi connectivity index (χ1n) is 8.19. The first kappa shape index (κ1) is 14.2. The van der Waals surface area contributed by atoms with E-state index in [2.05, 4.69) is 64.8 Å². The van der Waals surface area contributed by atoms with Crippen molar-refractivity contribution in [3.8, 4) is 0 Å². The van der Waals surface area contributed by atoms with E-state index in [-0.39, 0.29) is 0 Å². The fourth-order valence-corrected chi connectivity index (χ4v) is 3.51. The molecule has 4 rings (SSSR count). The van der Waals surface area contributed by atoms with E-state index < -0.39 is 0 Å². The normalized spacial score (nSPS) is 14.7. The van der Waals surface area contributed by atoms with E-state index >= 15 is 0 Å². The average molecular weight is 303 g/mol. The molecule has 0 saturated carbocycles. The predicted octanol–water partition coefficient (Wildman–Crippen LogP) is 3.83. The Morgan fingerprint density at radius 3 is 2.65 bits per heavy atom. The van der Waals surface area contributed by atoms with E-state index in [1.165, 1.54) is 27.9 Å². The number of aromatic nitrogens is 1. The minimum absolute atomic E-state index is 0.957. The molecule has 116 valence electrons. The smallest absolute Gasteiger partial charge is 0.0726 e. The first-order chi connectivity index (χ1) is 11.3. The second kappa shape index (κ2) is 6.01. The Morgan fingerprint density at radius 1 is 1.04 bits per heavy atom. The van der Waals surface area contributed by atoms with Gasteiger partial charge in [-0.25, -0.2) is 0 Å². The van der Waals surface area contributed by atoms with Crippen molar-refractivity contribution in [1.29, 1.82) is 0 Å². The summed E-state index contributed by atoms with van der Waals surface area (Å²) in [6.45, 7) is 3.02. The van der Waals surface area contributed by atoms with E-state index in [0.29, 0.717) is 0 Å². The van der Waals surface area contributed by atoms with Crippen LogP contribution in [0.1, 0.15) is 16.8 Å². The highest BCUT2D eigenvalue weighted by Gasteiger charge is 2.22. The molecule has 3 heteroatoms. The van der Waals surface area contributed by atoms with E-state index in [9.17, 15) is 0 Å². The van der Waals surface area contributed by atoms with Gasteiger partial charge in [0.15, 0.2) is 0 Å². The van der Waals surface area contributed by atoms with Gasteiger partial charge in [0.1, 0.15) is 0 Å². The van der Waals surface area contributed by atoms with Gasteiger partial charge in [-0.15, -0.1) is 0 Å². The summed E-state index contributed by atoms with van der Waals surface area (Å²) in [6, 6.07) is 19.1. The van der Waals surface area contributed by atoms with Gasteiger partial charge < -0.3 is 5.32 Å². The molecule has 1 N–H and O–H groups in total. The zero-order valence-corrected chi connectivity index (χ0v) is 13.4. The van der Waals surface area contributed by atoms with Crippen molar-refractivity contribution in [3.63, 3.8) is 0 Å². The molecule has 0 bridgehead atoms. The molecule has 23 heavy (non-hydrogen) atoms. The number of benzene rings is 2. The number of hydrogen-bond donors (Lipinski definition) is 1. The lowest BCUT2D eigenvalue weighted by molar-refractivity contribution is 0.244. The van der Waals surface area contributed by atoms with Gasteiger partial charge in [0.25, 0.3) is 0 Å². The lowest BCUT2D eigenvalue weighted by atomic mass is 9.99. The van der Waals surface area contributed by atoms with Crippen LogP contribution in [0.4, 0.5) is 5.69 Å². The van der Waals surface area contributed by atoms with Crippen molar-refractivity contribution >= 4 is 16.6 Å². The molecular formula is C20H21N3. The number of pyridine rings is 1. The van der Waals surface area contributed by atoms with Gasteiger partial charge in [-0.1, -0.05) is 48.5 Å². The van der Waals surface area contributed by atoms with Gasteiger partial charge in [-0.3, -0.25) is 9.88 Å². The molecule has 0 saturated heterocycles. The van der Waals surface area contributed by atoms with Crippen molar-refractivity contribution < 1.29 is 0 Å². The van der Waals surface area contributed by atoms with Crippen LogP contribution in [-0.2, 0) is 19.5 Å². The zero-order valence-electron chi connectivity index (χ0n) is 13.4. The monoisotopic (exact) mass is 303 g/mol. The lowest BCUT2D eigenvalue weighted by Gasteiger charge is -2.30. The quantitative estimate of drug-likeness (QED) is 0.797. The van der Waals surface area contributed by atoms with Gasteiger partial charge in [-0.2, -0.15) is 0 Å². The van der Waals surface area contributed by atoms with Crippen molar-refractivity contribution in [2.45, 2.75) is 19.5 Å². The Balaban J connectivity index is 1.69. The van der Waals surface area contributed by atoms with Gasteiger partial charge >= 0.3 is 0 Å². The summed E-state index contributed by atoms with van der Waals surface area (Å²) in [5, 5.41) is 4.63. The lowest BCUT2D eigenvalue weighted by Crippen LogP contribution is -2.31. The molecule has 1 aliphatic rings. The highest BCUT2D eigenvalue weighted by molar-refractivity contribution is 5.93. The van der Waals surface area contributed by atoms with Crippen LogP contribution in [0.2, 0.25) is 0 Å². The number of rotatable bonds is 3. The number of anilines is 1. The molecule has 1 aliphatic heterocycles. The standard InChI is InChI=1S/C20H21N3/c1-21-20-16-9-5-6-10-18(16)22-19-11-12-23(14-17(19)20)13-15-7-3-2-4-8-15/h2-10H,11-14H2,1H3,(H,21,22). The summed E-state index contributed by atoms with van der Waals surface area (Å²) < 4.78 is 0. The van der Waals surface area contributed by atoms with Crippen LogP contribution < -0.4 is 5.32 Å². The molecule has 0 fully saturated rings. The highest BCUT2D eigenvalue weighted by Crippen LogP contribution is 2.32. The Hall–Kier alpha value is -2.39. The van der Waals surface area contributed by atoms with E-state index in [1.807, 2.05) is 7.05 Å². The molecule has 0 aliphatic carbocycles. The first-order valence-corrected chi connectivity index (χ1v) is 8.19. The van der Waals surface area contributed by atoms with Crippen molar-refractivity contribution in [3.05, 3.63) is 71.4 Å². The van der Waals surface area contributed by atoms with Crippen LogP contribution in [0, 0.1) is 0 Å². The van der Waals surface area contributed by atoms with Crippen LogP contribution in [0.5, 0.6) is 0 Å². The van der Waals surface area contributed by atoms with Crippen LogP contribution in [0.15, 0.2) is 54.6 Å². The third kappa shape index (κ3) is 2.68. The molecule has 0 spiro atoms. The second-order valence-corrected chi connectivity index (χ2v) is 6.13. The Labute approximate surface area is 137 Å². The highest BCUT2D eigenvalue weighted by atomic mass is 15.1. The Kier molecular flexibility index (Phi) is 3.72. The van der Waals surface area contributed by atoms with E-state index in [4.69, 9.17) is 4.98 Å². The van der Waals surface area contributed by atoms with Crippen LogP contribution >= 0.6 is 0 Å². The molecule has 0 unspecified atom stereocenters. The summed E-state index contributed by atoms with van der Waals surface area (Å²) in [6.07, 6.45) is 1.02. The number of hydrogen-bond acceptors (Lipinski definition) is 3. The Morgan fingerprint density at radius 2 is 1.83 bits per heavy atom. The number of nitrogens with one attached hydrogen (secondary N) is 1. The van der Waals surface area contributed by atoms with E-state index in [1.54, 1.807) is 0 Å². The maximum Gasteiger partial charge on any atom is 0.0726 e. The van der Waals surface area contributed by atoms with Gasteiger partial charge in [-0.05, 0) is 11.6 Å². The van der Waals surface area contributed by atoms with E-state index in [0.717, 1.165) is 31.6 Å². The summed E-state index contributed by atoms with van der Waals surface area (Å²) in [7, 11) is 2.01. The fourth-order valence-electron chi connectivity index (χ4n) is 3.51. The molecular weight excluding hydrogens is 282 g/mol. The summed E-state index contributed by atoms with van der Waals surface area (Å²) in [5.41, 5.74) is 6.30. The second-order valence-electron chi connectivity index (χ2n) is 6.13. The SMILES string of the molecule is CNc1c2c(nc3ccccc13)CCN(Cc1ccccc1)C2. The minimum Gasteiger partial charge on any atom is -0.387 e. The topological polar surface area (TPSA) is 28.2 Å². The summed E-state index contributed by atoms with van der Waals surface area (Å²) >= 11 is 0. The number of fused-ring (bicyclic) bond motifs is 2. The number of para-hydroxylation sites is 1. The van der Waals surface area contributed by atoms with Crippen molar-refractivity contribution in [1.82, 2.24) is 9.88 Å². The van der Waals surface area contributed by atoms with Gasteiger partial charge in [0, 0.05) is 55.4 Å².